The van der Waals surface area contributed by atoms with Crippen LogP contribution in [0.15, 0.2) is 28.7 Å². The summed E-state index contributed by atoms with van der Waals surface area (Å²) < 4.78 is 5.77. The van der Waals surface area contributed by atoms with E-state index in [0.717, 1.165) is 4.47 Å². The van der Waals surface area contributed by atoms with Gasteiger partial charge in [0.15, 0.2) is 0 Å². The molecule has 1 aromatic carbocycles. The number of carbonyl (C=O) groups is 1. The molecule has 0 aliphatic carbocycles. The summed E-state index contributed by atoms with van der Waals surface area (Å²) in [6.07, 6.45) is 0. The van der Waals surface area contributed by atoms with Gasteiger partial charge in [-0.15, -0.1) is 0 Å². The third-order valence-electron chi connectivity index (χ3n) is 2.09. The molecule has 1 aliphatic rings. The normalized spacial score (nSPS) is 23.8. The molecule has 70 valence electrons. The van der Waals surface area contributed by atoms with Gasteiger partial charge in [-0.05, 0) is 6.07 Å². The Bertz CT molecular complexity index is 368. The Kier molecular flexibility index (Phi) is 4.34. The van der Waals surface area contributed by atoms with Crippen molar-refractivity contribution in [2.45, 2.75) is 5.60 Å². The summed E-state index contributed by atoms with van der Waals surface area (Å²) in [5.74, 6) is -0.931. The summed E-state index contributed by atoms with van der Waals surface area (Å²) in [5.41, 5.74) is -0.414. The zero-order valence-electron chi connectivity index (χ0n) is 8.66. The van der Waals surface area contributed by atoms with Crippen LogP contribution in [-0.4, -0.2) is 17.7 Å². The maximum Gasteiger partial charge on any atom is 1.00 e. The Labute approximate surface area is 134 Å². The number of ether oxygens (including phenoxy) is 1. The number of carboxylic acids is 1. The third kappa shape index (κ3) is 2.14. The van der Waals surface area contributed by atoms with Gasteiger partial charge in [0.05, 0.1) is 6.61 Å². The first kappa shape index (κ1) is 12.8. The van der Waals surface area contributed by atoms with Gasteiger partial charge in [-0.3, -0.25) is 0 Å². The molecule has 5 heteroatoms. The second kappa shape index (κ2) is 4.74. The first-order valence-corrected chi connectivity index (χ1v) is 4.58. The van der Waals surface area contributed by atoms with Gasteiger partial charge in [0, 0.05) is 10.0 Å². The van der Waals surface area contributed by atoms with Gasteiger partial charge in [0.25, 0.3) is 0 Å². The first-order valence-electron chi connectivity index (χ1n) is 3.79. The Hall–Kier alpha value is 0.766. The minimum atomic E-state index is -1.10. The molecule has 0 saturated carbocycles. The van der Waals surface area contributed by atoms with E-state index in [-0.39, 0.29) is 59.4 Å². The molecule has 0 spiro atoms. The molecular formula is C9H8BrKO3. The predicted molar refractivity (Wildman–Crippen MR) is 50.5 cm³/mol. The van der Waals surface area contributed by atoms with Gasteiger partial charge >= 0.3 is 57.4 Å². The van der Waals surface area contributed by atoms with Crippen molar-refractivity contribution >= 4 is 21.9 Å². The van der Waals surface area contributed by atoms with Gasteiger partial charge in [0.1, 0.15) is 0 Å². The monoisotopic (exact) mass is 282 g/mol. The summed E-state index contributed by atoms with van der Waals surface area (Å²) in [7, 11) is 0. The van der Waals surface area contributed by atoms with Crippen molar-refractivity contribution in [1.82, 2.24) is 0 Å². The number of hydrogen-bond donors (Lipinski definition) is 1. The molecule has 1 N–H and O–H groups in total. The number of aliphatic carboxylic acids is 1. The molecule has 1 unspecified atom stereocenters. The van der Waals surface area contributed by atoms with E-state index in [1.54, 1.807) is 12.1 Å². The zero-order valence-corrected chi connectivity index (χ0v) is 12.4. The van der Waals surface area contributed by atoms with Gasteiger partial charge < -0.3 is 11.3 Å². The van der Waals surface area contributed by atoms with E-state index in [1.807, 2.05) is 12.1 Å². The van der Waals surface area contributed by atoms with Crippen LogP contribution in [0.2, 0.25) is 0 Å². The number of carboxylic acid groups (broad SMARTS) is 1. The summed E-state index contributed by atoms with van der Waals surface area (Å²) >= 11 is 3.30. The van der Waals surface area contributed by atoms with Gasteiger partial charge in [0.2, 0.25) is 5.60 Å². The minimum Gasteiger partial charge on any atom is -1.00 e. The molecule has 0 bridgehead atoms. The SMILES string of the molecule is O=C(O)C1(c2ccccc2Br)CO1.[H-].[K+]. The molecule has 1 saturated heterocycles. The molecule has 0 radical (unpaired) electrons. The van der Waals surface area contributed by atoms with Crippen molar-refractivity contribution in [3.8, 4) is 0 Å². The van der Waals surface area contributed by atoms with Crippen molar-refractivity contribution < 1.29 is 67.4 Å². The van der Waals surface area contributed by atoms with Crippen LogP contribution in [0.3, 0.4) is 0 Å². The number of hydrogen-bond acceptors (Lipinski definition) is 2. The summed E-state index contributed by atoms with van der Waals surface area (Å²) in [4.78, 5) is 10.9. The second-order valence-corrected chi connectivity index (χ2v) is 3.76. The summed E-state index contributed by atoms with van der Waals surface area (Å²) in [6, 6.07) is 7.20. The maximum absolute atomic E-state index is 10.9. The summed E-state index contributed by atoms with van der Waals surface area (Å²) in [5, 5.41) is 8.94. The summed E-state index contributed by atoms with van der Waals surface area (Å²) in [6.45, 7) is 0.255. The average molecular weight is 283 g/mol. The van der Waals surface area contributed by atoms with Crippen LogP contribution in [0.4, 0.5) is 0 Å². The molecule has 14 heavy (non-hydrogen) atoms. The average Bonchev–Trinajstić information content (AvgIpc) is 2.85. The molecule has 3 nitrogen and oxygen atoms in total. The first-order chi connectivity index (χ1) is 6.17. The Balaban J connectivity index is 0.000000980. The van der Waals surface area contributed by atoms with Crippen molar-refractivity contribution in [3.05, 3.63) is 34.3 Å². The zero-order chi connectivity index (χ0) is 9.47. The number of rotatable bonds is 2. The van der Waals surface area contributed by atoms with E-state index in [4.69, 9.17) is 9.84 Å². The maximum atomic E-state index is 10.9. The quantitative estimate of drug-likeness (QED) is 0.552. The number of halogens is 1. The Morgan fingerprint density at radius 2 is 2.14 bits per heavy atom. The molecule has 1 fully saturated rings. The molecule has 0 aromatic heterocycles. The van der Waals surface area contributed by atoms with Crippen LogP contribution in [0, 0.1) is 0 Å². The van der Waals surface area contributed by atoms with Crippen LogP contribution < -0.4 is 51.4 Å². The van der Waals surface area contributed by atoms with Gasteiger partial charge in [-0.1, -0.05) is 34.1 Å². The van der Waals surface area contributed by atoms with Crippen LogP contribution in [-0.2, 0) is 15.1 Å². The van der Waals surface area contributed by atoms with Crippen LogP contribution in [0.5, 0.6) is 0 Å². The fourth-order valence-corrected chi connectivity index (χ4v) is 1.86. The molecule has 1 atom stereocenters. The van der Waals surface area contributed by atoms with Crippen molar-refractivity contribution in [1.29, 1.82) is 0 Å². The van der Waals surface area contributed by atoms with Crippen LogP contribution >= 0.6 is 15.9 Å². The number of benzene rings is 1. The molecule has 2 rings (SSSR count). The molecule has 1 aliphatic heterocycles. The van der Waals surface area contributed by atoms with E-state index in [1.165, 1.54) is 0 Å². The van der Waals surface area contributed by atoms with E-state index in [0.29, 0.717) is 5.56 Å². The van der Waals surface area contributed by atoms with Crippen molar-refractivity contribution in [2.75, 3.05) is 6.61 Å². The topological polar surface area (TPSA) is 49.8 Å². The van der Waals surface area contributed by atoms with Crippen molar-refractivity contribution in [2.24, 2.45) is 0 Å². The van der Waals surface area contributed by atoms with Crippen LogP contribution in [0.1, 0.15) is 6.99 Å². The minimum absolute atomic E-state index is 0. The third-order valence-corrected chi connectivity index (χ3v) is 2.78. The largest absolute Gasteiger partial charge is 1.00 e. The van der Waals surface area contributed by atoms with E-state index in [2.05, 4.69) is 15.9 Å². The Morgan fingerprint density at radius 1 is 1.57 bits per heavy atom. The molecule has 1 aromatic rings. The van der Waals surface area contributed by atoms with E-state index < -0.39 is 11.6 Å². The van der Waals surface area contributed by atoms with Crippen LogP contribution in [0.25, 0.3) is 0 Å². The fourth-order valence-electron chi connectivity index (χ4n) is 1.26. The predicted octanol–water partition coefficient (Wildman–Crippen LogP) is -1.12. The molecular weight excluding hydrogens is 275 g/mol. The van der Waals surface area contributed by atoms with E-state index in [9.17, 15) is 4.79 Å². The number of epoxide rings is 1. The standard InChI is InChI=1S/C9H7BrO3.K.H/c10-7-4-2-1-3-6(7)9(5-13-9)8(11)12;;/h1-4H,5H2,(H,11,12);;/q;+1;-1. The van der Waals surface area contributed by atoms with Gasteiger partial charge in [-0.25, -0.2) is 4.79 Å². The second-order valence-electron chi connectivity index (χ2n) is 2.90. The fraction of sp³-hybridized carbons (Fsp3) is 0.222. The Morgan fingerprint density at radius 3 is 2.57 bits per heavy atom. The van der Waals surface area contributed by atoms with E-state index >= 15 is 0 Å². The van der Waals surface area contributed by atoms with Crippen molar-refractivity contribution in [3.63, 3.8) is 0 Å². The smallest absolute Gasteiger partial charge is 1.00 e. The molecule has 1 heterocycles. The van der Waals surface area contributed by atoms with Gasteiger partial charge in [-0.2, -0.15) is 0 Å². The molecule has 0 amide bonds.